The number of nitrogens with zero attached hydrogens (tertiary/aromatic N) is 2. The van der Waals surface area contributed by atoms with Crippen molar-refractivity contribution in [2.75, 3.05) is 13.1 Å². The van der Waals surface area contributed by atoms with E-state index in [0.717, 1.165) is 19.5 Å². The van der Waals surface area contributed by atoms with Crippen molar-refractivity contribution < 1.29 is 9.53 Å². The third-order valence-electron chi connectivity index (χ3n) is 3.18. The highest BCUT2D eigenvalue weighted by molar-refractivity contribution is 5.68. The molecular weight excluding hydrogens is 254 g/mol. The Bertz CT molecular complexity index is 442. The highest BCUT2D eigenvalue weighted by atomic mass is 16.6. The molecule has 1 amide bonds. The number of ether oxygens (including phenoxy) is 1. The van der Waals surface area contributed by atoms with Crippen LogP contribution in [0.3, 0.4) is 0 Å². The number of carbonyl (C=O) groups is 1. The first-order valence-corrected chi connectivity index (χ1v) is 7.04. The fourth-order valence-electron chi connectivity index (χ4n) is 2.18. The number of rotatable bonds is 3. The number of amides is 1. The number of hydrogen-bond acceptors (Lipinski definition) is 4. The van der Waals surface area contributed by atoms with Gasteiger partial charge in [0.05, 0.1) is 0 Å². The summed E-state index contributed by atoms with van der Waals surface area (Å²) in [6.07, 6.45) is 4.33. The van der Waals surface area contributed by atoms with Gasteiger partial charge in [-0.15, -0.1) is 0 Å². The molecule has 2 rings (SSSR count). The molecule has 1 aromatic heterocycles. The maximum absolute atomic E-state index is 11.9. The molecule has 110 valence electrons. The highest BCUT2D eigenvalue weighted by Crippen LogP contribution is 2.15. The van der Waals surface area contributed by atoms with Crippen LogP contribution in [-0.4, -0.2) is 40.7 Å². The molecule has 5 nitrogen and oxygen atoms in total. The number of likely N-dealkylation sites (tertiary alicyclic amines) is 1. The van der Waals surface area contributed by atoms with Gasteiger partial charge in [0.1, 0.15) is 5.60 Å². The molecule has 0 bridgehead atoms. The van der Waals surface area contributed by atoms with Crippen molar-refractivity contribution in [3.8, 4) is 0 Å². The van der Waals surface area contributed by atoms with Crippen LogP contribution in [0.1, 0.15) is 32.8 Å². The molecule has 1 saturated heterocycles. The minimum Gasteiger partial charge on any atom is -0.444 e. The van der Waals surface area contributed by atoms with E-state index in [4.69, 9.17) is 4.74 Å². The van der Waals surface area contributed by atoms with Crippen LogP contribution < -0.4 is 5.32 Å². The van der Waals surface area contributed by atoms with Crippen molar-refractivity contribution in [2.45, 2.75) is 45.4 Å². The first kappa shape index (κ1) is 14.8. The summed E-state index contributed by atoms with van der Waals surface area (Å²) in [5.74, 6) is 0. The largest absolute Gasteiger partial charge is 0.444 e. The van der Waals surface area contributed by atoms with Crippen LogP contribution in [-0.2, 0) is 11.3 Å². The molecule has 5 heteroatoms. The average molecular weight is 277 g/mol. The Labute approximate surface area is 120 Å². The number of nitrogens with one attached hydrogen (secondary N) is 1. The van der Waals surface area contributed by atoms with Crippen molar-refractivity contribution in [3.63, 3.8) is 0 Å². The molecule has 1 aliphatic heterocycles. The Balaban J connectivity index is 1.76. The van der Waals surface area contributed by atoms with E-state index < -0.39 is 5.60 Å². The smallest absolute Gasteiger partial charge is 0.410 e. The summed E-state index contributed by atoms with van der Waals surface area (Å²) in [5.41, 5.74) is 0.773. The monoisotopic (exact) mass is 277 g/mol. The second kappa shape index (κ2) is 6.22. The SMILES string of the molecule is CC(C)(C)OC(=O)N1CC[C@H](NCc2ccncc2)C1. The number of pyridine rings is 1. The van der Waals surface area contributed by atoms with Gasteiger partial charge in [0, 0.05) is 38.1 Å². The normalized spacial score (nSPS) is 19.1. The summed E-state index contributed by atoms with van der Waals surface area (Å²) in [7, 11) is 0. The Morgan fingerprint density at radius 2 is 2.15 bits per heavy atom. The summed E-state index contributed by atoms with van der Waals surface area (Å²) in [5, 5.41) is 3.47. The maximum atomic E-state index is 11.9. The van der Waals surface area contributed by atoms with Crippen molar-refractivity contribution in [1.29, 1.82) is 0 Å². The van der Waals surface area contributed by atoms with Crippen molar-refractivity contribution >= 4 is 6.09 Å². The predicted molar refractivity (Wildman–Crippen MR) is 77.3 cm³/mol. The van der Waals surface area contributed by atoms with E-state index in [1.165, 1.54) is 5.56 Å². The van der Waals surface area contributed by atoms with Crippen LogP contribution in [0.5, 0.6) is 0 Å². The Morgan fingerprint density at radius 3 is 2.80 bits per heavy atom. The molecule has 1 N–H and O–H groups in total. The second-order valence-corrected chi connectivity index (χ2v) is 6.15. The van der Waals surface area contributed by atoms with E-state index in [2.05, 4.69) is 10.3 Å². The van der Waals surface area contributed by atoms with Gasteiger partial charge in [-0.2, -0.15) is 0 Å². The molecule has 0 saturated carbocycles. The number of hydrogen-bond donors (Lipinski definition) is 1. The van der Waals surface area contributed by atoms with Gasteiger partial charge in [0.25, 0.3) is 0 Å². The van der Waals surface area contributed by atoms with E-state index in [1.807, 2.05) is 32.9 Å². The molecule has 1 aromatic rings. The van der Waals surface area contributed by atoms with Crippen LogP contribution >= 0.6 is 0 Å². The molecule has 1 aliphatic rings. The lowest BCUT2D eigenvalue weighted by Gasteiger charge is -2.24. The van der Waals surface area contributed by atoms with Crippen LogP contribution in [0, 0.1) is 0 Å². The molecule has 0 radical (unpaired) electrons. The molecule has 2 heterocycles. The Kier molecular flexibility index (Phi) is 4.60. The Hall–Kier alpha value is -1.62. The highest BCUT2D eigenvalue weighted by Gasteiger charge is 2.29. The lowest BCUT2D eigenvalue weighted by molar-refractivity contribution is 0.0291. The quantitative estimate of drug-likeness (QED) is 0.920. The number of aromatic nitrogens is 1. The van der Waals surface area contributed by atoms with E-state index in [9.17, 15) is 4.79 Å². The molecule has 20 heavy (non-hydrogen) atoms. The van der Waals surface area contributed by atoms with E-state index in [1.54, 1.807) is 17.3 Å². The number of carbonyl (C=O) groups excluding carboxylic acids is 1. The van der Waals surface area contributed by atoms with Gasteiger partial charge in [-0.3, -0.25) is 4.98 Å². The fourth-order valence-corrected chi connectivity index (χ4v) is 2.18. The summed E-state index contributed by atoms with van der Waals surface area (Å²) >= 11 is 0. The zero-order valence-electron chi connectivity index (χ0n) is 12.4. The van der Waals surface area contributed by atoms with E-state index >= 15 is 0 Å². The summed E-state index contributed by atoms with van der Waals surface area (Å²) < 4.78 is 5.38. The second-order valence-electron chi connectivity index (χ2n) is 6.15. The molecule has 0 spiro atoms. The molecule has 0 aromatic carbocycles. The first-order valence-electron chi connectivity index (χ1n) is 7.04. The van der Waals surface area contributed by atoms with Gasteiger partial charge in [0.15, 0.2) is 0 Å². The van der Waals surface area contributed by atoms with Gasteiger partial charge < -0.3 is 15.0 Å². The standard InChI is InChI=1S/C15H23N3O2/c1-15(2,3)20-14(19)18-9-6-13(11-18)17-10-12-4-7-16-8-5-12/h4-5,7-8,13,17H,6,9-11H2,1-3H3/t13-/m0/s1. The maximum Gasteiger partial charge on any atom is 0.410 e. The fraction of sp³-hybridized carbons (Fsp3) is 0.600. The van der Waals surface area contributed by atoms with Crippen molar-refractivity contribution in [2.24, 2.45) is 0 Å². The zero-order valence-corrected chi connectivity index (χ0v) is 12.4. The van der Waals surface area contributed by atoms with Gasteiger partial charge in [-0.25, -0.2) is 4.79 Å². The topological polar surface area (TPSA) is 54.5 Å². The van der Waals surface area contributed by atoms with Gasteiger partial charge in [-0.05, 0) is 44.9 Å². The van der Waals surface area contributed by atoms with Crippen LogP contribution in [0.4, 0.5) is 4.79 Å². The first-order chi connectivity index (χ1) is 9.44. The molecule has 0 aliphatic carbocycles. The van der Waals surface area contributed by atoms with Gasteiger partial charge >= 0.3 is 6.09 Å². The van der Waals surface area contributed by atoms with E-state index in [0.29, 0.717) is 12.6 Å². The molecule has 0 unspecified atom stereocenters. The summed E-state index contributed by atoms with van der Waals surface area (Å²) in [4.78, 5) is 17.7. The van der Waals surface area contributed by atoms with Gasteiger partial charge in [-0.1, -0.05) is 0 Å². The lowest BCUT2D eigenvalue weighted by Crippen LogP contribution is -2.38. The van der Waals surface area contributed by atoms with Crippen LogP contribution in [0.25, 0.3) is 0 Å². The van der Waals surface area contributed by atoms with Gasteiger partial charge in [0.2, 0.25) is 0 Å². The minimum absolute atomic E-state index is 0.217. The van der Waals surface area contributed by atoms with E-state index in [-0.39, 0.29) is 6.09 Å². The third-order valence-corrected chi connectivity index (χ3v) is 3.18. The molecule has 1 atom stereocenters. The predicted octanol–water partition coefficient (Wildman–Crippen LogP) is 2.18. The Morgan fingerprint density at radius 1 is 1.45 bits per heavy atom. The minimum atomic E-state index is -0.431. The summed E-state index contributed by atoms with van der Waals surface area (Å²) in [6.45, 7) is 7.93. The molecule has 1 fully saturated rings. The van der Waals surface area contributed by atoms with Crippen LogP contribution in [0.2, 0.25) is 0 Å². The zero-order chi connectivity index (χ0) is 14.6. The van der Waals surface area contributed by atoms with Crippen LogP contribution in [0.15, 0.2) is 24.5 Å². The third kappa shape index (κ3) is 4.49. The average Bonchev–Trinajstić information content (AvgIpc) is 2.84. The van der Waals surface area contributed by atoms with Crippen molar-refractivity contribution in [1.82, 2.24) is 15.2 Å². The summed E-state index contributed by atoms with van der Waals surface area (Å²) in [6, 6.07) is 4.32. The van der Waals surface area contributed by atoms with Crippen molar-refractivity contribution in [3.05, 3.63) is 30.1 Å². The molecular formula is C15H23N3O2. The lowest BCUT2D eigenvalue weighted by atomic mass is 10.2.